The van der Waals surface area contributed by atoms with Crippen LogP contribution in [0, 0.1) is 16.0 Å². The Kier molecular flexibility index (Phi) is 2.78. The van der Waals surface area contributed by atoms with E-state index >= 15 is 0 Å². The van der Waals surface area contributed by atoms with Gasteiger partial charge in [-0.3, -0.25) is 10.1 Å². The molecule has 0 aliphatic heterocycles. The minimum Gasteiger partial charge on any atom is -0.508 e. The van der Waals surface area contributed by atoms with Gasteiger partial charge in [0.15, 0.2) is 0 Å². The second kappa shape index (κ2) is 4.09. The highest BCUT2D eigenvalue weighted by molar-refractivity contribution is 5.44. The average molecular weight is 222 g/mol. The maximum atomic E-state index is 10.6. The molecule has 5 heteroatoms. The molecule has 1 atom stereocenters. The van der Waals surface area contributed by atoms with Crippen molar-refractivity contribution in [2.75, 3.05) is 0 Å². The fourth-order valence-corrected chi connectivity index (χ4v) is 1.79. The molecule has 0 saturated heterocycles. The lowest BCUT2D eigenvalue weighted by Gasteiger charge is -2.12. The summed E-state index contributed by atoms with van der Waals surface area (Å²) in [6.07, 6.45) is 3.13. The maximum Gasteiger partial charge on any atom is 0.270 e. The number of nitrogens with two attached hydrogens (primary N) is 1. The minimum absolute atomic E-state index is 0.0287. The topological polar surface area (TPSA) is 89.4 Å². The van der Waals surface area contributed by atoms with E-state index in [0.717, 1.165) is 6.42 Å². The predicted molar refractivity (Wildman–Crippen MR) is 59.0 cm³/mol. The number of non-ortho nitro benzene ring substituents is 1. The molecule has 5 nitrogen and oxygen atoms in total. The van der Waals surface area contributed by atoms with E-state index in [1.807, 2.05) is 0 Å². The second-order valence-corrected chi connectivity index (χ2v) is 4.29. The Labute approximate surface area is 93.0 Å². The zero-order valence-electron chi connectivity index (χ0n) is 8.80. The molecule has 0 amide bonds. The van der Waals surface area contributed by atoms with Crippen LogP contribution in [0.15, 0.2) is 18.2 Å². The normalized spacial score (nSPS) is 17.1. The molecule has 3 N–H and O–H groups in total. The lowest BCUT2D eigenvalue weighted by molar-refractivity contribution is -0.385. The number of phenols is 1. The Balaban J connectivity index is 2.22. The van der Waals surface area contributed by atoms with Crippen LogP contribution in [0.5, 0.6) is 5.75 Å². The van der Waals surface area contributed by atoms with Gasteiger partial charge < -0.3 is 10.8 Å². The van der Waals surface area contributed by atoms with Crippen LogP contribution in [0.25, 0.3) is 0 Å². The highest BCUT2D eigenvalue weighted by atomic mass is 16.6. The maximum absolute atomic E-state index is 10.6. The number of rotatable bonds is 4. The minimum atomic E-state index is -0.479. The molecule has 0 bridgehead atoms. The van der Waals surface area contributed by atoms with E-state index < -0.39 is 4.92 Å². The second-order valence-electron chi connectivity index (χ2n) is 4.29. The van der Waals surface area contributed by atoms with E-state index in [2.05, 4.69) is 0 Å². The number of hydrogen-bond donors (Lipinski definition) is 2. The summed E-state index contributed by atoms with van der Waals surface area (Å²) in [4.78, 5) is 10.1. The molecule has 0 spiro atoms. The van der Waals surface area contributed by atoms with E-state index in [0.29, 0.717) is 11.5 Å². The number of nitrogens with zero attached hydrogens (tertiary/aromatic N) is 1. The third-order valence-corrected chi connectivity index (χ3v) is 2.91. The van der Waals surface area contributed by atoms with Gasteiger partial charge >= 0.3 is 0 Å². The predicted octanol–water partition coefficient (Wildman–Crippen LogP) is 2.10. The Morgan fingerprint density at radius 3 is 2.81 bits per heavy atom. The van der Waals surface area contributed by atoms with Crippen LogP contribution >= 0.6 is 0 Å². The largest absolute Gasteiger partial charge is 0.508 e. The van der Waals surface area contributed by atoms with Gasteiger partial charge in [0.05, 0.1) is 4.92 Å². The zero-order valence-corrected chi connectivity index (χ0v) is 8.80. The Hall–Kier alpha value is -1.62. The van der Waals surface area contributed by atoms with Crippen LogP contribution < -0.4 is 5.73 Å². The Bertz CT molecular complexity index is 416. The third-order valence-electron chi connectivity index (χ3n) is 2.91. The molecule has 1 aromatic carbocycles. The van der Waals surface area contributed by atoms with Crippen LogP contribution in [0.3, 0.4) is 0 Å². The van der Waals surface area contributed by atoms with Crippen LogP contribution in [0.4, 0.5) is 5.69 Å². The van der Waals surface area contributed by atoms with Crippen molar-refractivity contribution in [2.24, 2.45) is 11.7 Å². The molecule has 0 aromatic heterocycles. The first-order valence-corrected chi connectivity index (χ1v) is 5.31. The summed E-state index contributed by atoms with van der Waals surface area (Å²) in [6, 6.07) is 3.66. The van der Waals surface area contributed by atoms with E-state index in [1.54, 1.807) is 0 Å². The molecular formula is C11H14N2O3. The highest BCUT2D eigenvalue weighted by Crippen LogP contribution is 2.39. The van der Waals surface area contributed by atoms with E-state index in [4.69, 9.17) is 5.73 Å². The standard InChI is InChI=1S/C11H14N2O3/c12-10(5-7-1-2-7)9-6-8(13(15)16)3-4-11(9)14/h3-4,6-7,10,14H,1-2,5,12H2/t10-/m1/s1. The molecule has 16 heavy (non-hydrogen) atoms. The van der Waals surface area contributed by atoms with Crippen molar-refractivity contribution in [2.45, 2.75) is 25.3 Å². The van der Waals surface area contributed by atoms with Crippen LogP contribution in [-0.2, 0) is 0 Å². The monoisotopic (exact) mass is 222 g/mol. The number of benzene rings is 1. The van der Waals surface area contributed by atoms with Gasteiger partial charge in [-0.25, -0.2) is 0 Å². The lowest BCUT2D eigenvalue weighted by Crippen LogP contribution is -2.11. The Morgan fingerprint density at radius 1 is 1.56 bits per heavy atom. The average Bonchev–Trinajstić information content (AvgIpc) is 3.01. The summed E-state index contributed by atoms with van der Waals surface area (Å²) in [7, 11) is 0. The van der Waals surface area contributed by atoms with Crippen molar-refractivity contribution in [1.29, 1.82) is 0 Å². The van der Waals surface area contributed by atoms with Crippen molar-refractivity contribution in [1.82, 2.24) is 0 Å². The summed E-state index contributed by atoms with van der Waals surface area (Å²) in [5, 5.41) is 20.2. The van der Waals surface area contributed by atoms with Gasteiger partial charge in [0.25, 0.3) is 5.69 Å². The first-order valence-electron chi connectivity index (χ1n) is 5.31. The lowest BCUT2D eigenvalue weighted by atomic mass is 10.0. The summed E-state index contributed by atoms with van der Waals surface area (Å²) >= 11 is 0. The quantitative estimate of drug-likeness (QED) is 0.603. The molecule has 86 valence electrons. The summed E-state index contributed by atoms with van der Waals surface area (Å²) in [5.74, 6) is 0.660. The number of phenolic OH excluding ortho intramolecular Hbond substituents is 1. The highest BCUT2D eigenvalue weighted by Gasteiger charge is 2.26. The van der Waals surface area contributed by atoms with Gasteiger partial charge in [-0.15, -0.1) is 0 Å². The van der Waals surface area contributed by atoms with E-state index in [9.17, 15) is 15.2 Å². The van der Waals surface area contributed by atoms with Crippen molar-refractivity contribution >= 4 is 5.69 Å². The van der Waals surface area contributed by atoms with Crippen molar-refractivity contribution in [3.63, 3.8) is 0 Å². The van der Waals surface area contributed by atoms with Crippen LogP contribution in [-0.4, -0.2) is 10.0 Å². The fourth-order valence-electron chi connectivity index (χ4n) is 1.79. The van der Waals surface area contributed by atoms with Crippen molar-refractivity contribution < 1.29 is 10.0 Å². The molecular weight excluding hydrogens is 208 g/mol. The molecule has 2 rings (SSSR count). The van der Waals surface area contributed by atoms with Gasteiger partial charge in [0, 0.05) is 23.7 Å². The van der Waals surface area contributed by atoms with Crippen molar-refractivity contribution in [3.8, 4) is 5.75 Å². The third kappa shape index (κ3) is 2.30. The van der Waals surface area contributed by atoms with Gasteiger partial charge in [0.2, 0.25) is 0 Å². The van der Waals surface area contributed by atoms with Crippen molar-refractivity contribution in [3.05, 3.63) is 33.9 Å². The van der Waals surface area contributed by atoms with Gasteiger partial charge in [0.1, 0.15) is 5.75 Å². The summed E-state index contributed by atoms with van der Waals surface area (Å²) in [5.41, 5.74) is 6.37. The van der Waals surface area contributed by atoms with Gasteiger partial charge in [-0.05, 0) is 18.4 Å². The Morgan fingerprint density at radius 2 is 2.25 bits per heavy atom. The SMILES string of the molecule is N[C@H](CC1CC1)c1cc([N+](=O)[O-])ccc1O. The molecule has 1 saturated carbocycles. The number of aromatic hydroxyl groups is 1. The van der Waals surface area contributed by atoms with Gasteiger partial charge in [-0.1, -0.05) is 12.8 Å². The summed E-state index contributed by atoms with van der Waals surface area (Å²) < 4.78 is 0. The number of nitro groups is 1. The summed E-state index contributed by atoms with van der Waals surface area (Å²) in [6.45, 7) is 0. The molecule has 1 aliphatic carbocycles. The van der Waals surface area contributed by atoms with E-state index in [1.165, 1.54) is 31.0 Å². The molecule has 0 radical (unpaired) electrons. The first kappa shape index (κ1) is 10.9. The number of nitro benzene ring substituents is 1. The van der Waals surface area contributed by atoms with E-state index in [-0.39, 0.29) is 17.5 Å². The zero-order chi connectivity index (χ0) is 11.7. The molecule has 1 aliphatic rings. The van der Waals surface area contributed by atoms with Crippen LogP contribution in [0.2, 0.25) is 0 Å². The van der Waals surface area contributed by atoms with Crippen LogP contribution in [0.1, 0.15) is 30.9 Å². The fraction of sp³-hybridized carbons (Fsp3) is 0.455. The molecule has 0 heterocycles. The van der Waals surface area contributed by atoms with Gasteiger partial charge in [-0.2, -0.15) is 0 Å². The molecule has 1 fully saturated rings. The molecule has 0 unspecified atom stereocenters. The molecule has 1 aromatic rings. The smallest absolute Gasteiger partial charge is 0.270 e. The number of hydrogen-bond acceptors (Lipinski definition) is 4. The first-order chi connectivity index (χ1) is 7.58.